The highest BCUT2D eigenvalue weighted by Crippen LogP contribution is 2.53. The maximum absolute atomic E-state index is 13.1. The van der Waals surface area contributed by atoms with Crippen LogP contribution in [0.5, 0.6) is 0 Å². The van der Waals surface area contributed by atoms with Gasteiger partial charge in [-0.2, -0.15) is 26.3 Å². The summed E-state index contributed by atoms with van der Waals surface area (Å²) in [5.41, 5.74) is -1.99. The lowest BCUT2D eigenvalue weighted by molar-refractivity contribution is -0.199. The molecule has 1 saturated carbocycles. The van der Waals surface area contributed by atoms with E-state index in [1.165, 1.54) is 0 Å². The number of carbonyl (C=O) groups is 2. The molecule has 1 aliphatic rings. The van der Waals surface area contributed by atoms with Crippen molar-refractivity contribution in [2.24, 2.45) is 17.3 Å². The molecule has 2 amide bonds. The van der Waals surface area contributed by atoms with Crippen molar-refractivity contribution in [3.05, 3.63) is 0 Å². The molecular weight excluding hydrogens is 374 g/mol. The number of hydrogen-bond donors (Lipinski definition) is 4. The van der Waals surface area contributed by atoms with Crippen molar-refractivity contribution in [2.75, 3.05) is 13.1 Å². The lowest BCUT2D eigenvalue weighted by Gasteiger charge is -2.49. The summed E-state index contributed by atoms with van der Waals surface area (Å²) in [6.07, 6.45) is -15.8. The van der Waals surface area contributed by atoms with Crippen LogP contribution in [0.1, 0.15) is 32.1 Å². The third-order valence-corrected chi connectivity index (χ3v) is 4.72. The van der Waals surface area contributed by atoms with Gasteiger partial charge in [0.25, 0.3) is 0 Å². The minimum absolute atomic E-state index is 0.119. The van der Waals surface area contributed by atoms with Gasteiger partial charge in [-0.25, -0.2) is 9.59 Å². The van der Waals surface area contributed by atoms with Gasteiger partial charge in [-0.1, -0.05) is 6.42 Å². The number of carboxylic acid groups (broad SMARTS) is 2. The Morgan fingerprint density at radius 3 is 2.04 bits per heavy atom. The fraction of sp³-hybridized carbons (Fsp3) is 0.857. The molecule has 1 rings (SSSR count). The second kappa shape index (κ2) is 8.21. The van der Waals surface area contributed by atoms with Crippen LogP contribution in [0, 0.1) is 17.3 Å². The van der Waals surface area contributed by atoms with Gasteiger partial charge in [-0.05, 0) is 30.1 Å². The second-order valence-corrected chi connectivity index (χ2v) is 6.58. The lowest BCUT2D eigenvalue weighted by Crippen LogP contribution is -2.52. The highest BCUT2D eigenvalue weighted by atomic mass is 19.4. The first-order valence-corrected chi connectivity index (χ1v) is 7.81. The predicted molar refractivity (Wildman–Crippen MR) is 76.7 cm³/mol. The van der Waals surface area contributed by atoms with Gasteiger partial charge >= 0.3 is 24.5 Å². The highest BCUT2D eigenvalue weighted by molar-refractivity contribution is 5.64. The summed E-state index contributed by atoms with van der Waals surface area (Å²) in [4.78, 5) is 21.4. The fourth-order valence-electron chi connectivity index (χ4n) is 3.85. The molecule has 1 aliphatic carbocycles. The summed E-state index contributed by atoms with van der Waals surface area (Å²) >= 11 is 0. The third kappa shape index (κ3) is 7.16. The van der Waals surface area contributed by atoms with Crippen molar-refractivity contribution in [1.29, 1.82) is 0 Å². The minimum atomic E-state index is -4.80. The van der Waals surface area contributed by atoms with Gasteiger partial charge in [0, 0.05) is 19.5 Å². The molecule has 0 aromatic rings. The van der Waals surface area contributed by atoms with Crippen LogP contribution in [0.15, 0.2) is 0 Å². The van der Waals surface area contributed by atoms with E-state index in [2.05, 4.69) is 0 Å². The topological polar surface area (TPSA) is 98.7 Å². The molecule has 0 spiro atoms. The molecular formula is C14H20F6N2O4. The molecule has 0 radical (unpaired) electrons. The van der Waals surface area contributed by atoms with E-state index in [1.807, 2.05) is 5.32 Å². The van der Waals surface area contributed by atoms with Crippen molar-refractivity contribution < 1.29 is 46.1 Å². The number of halogens is 6. The number of amides is 2. The standard InChI is InChI=1S/C14H20F6N2O4/c15-13(16,17)4-9-8(5-21-10(23)24)2-1-3-12(9,6-14(18,19)20)7-22-11(25)26/h8-9,21-22H,1-7H2,(H,23,24)(H,25,26). The number of rotatable bonds is 6. The molecule has 0 aliphatic heterocycles. The van der Waals surface area contributed by atoms with Crippen LogP contribution in [-0.4, -0.2) is 47.8 Å². The summed E-state index contributed by atoms with van der Waals surface area (Å²) in [7, 11) is 0. The Hall–Kier alpha value is -1.88. The van der Waals surface area contributed by atoms with E-state index in [4.69, 9.17) is 10.2 Å². The number of hydrogen-bond acceptors (Lipinski definition) is 2. The van der Waals surface area contributed by atoms with Gasteiger partial charge in [0.1, 0.15) is 0 Å². The van der Waals surface area contributed by atoms with Gasteiger partial charge in [-0.15, -0.1) is 0 Å². The molecule has 6 nitrogen and oxygen atoms in total. The fourth-order valence-corrected chi connectivity index (χ4v) is 3.85. The Kier molecular flexibility index (Phi) is 7.00. The second-order valence-electron chi connectivity index (χ2n) is 6.58. The predicted octanol–water partition coefficient (Wildman–Crippen LogP) is 3.83. The largest absolute Gasteiger partial charge is 0.465 e. The molecule has 0 aromatic heterocycles. The van der Waals surface area contributed by atoms with E-state index >= 15 is 0 Å². The van der Waals surface area contributed by atoms with E-state index < -0.39 is 67.7 Å². The molecule has 12 heteroatoms. The summed E-state index contributed by atoms with van der Waals surface area (Å²) in [5, 5.41) is 21.1. The van der Waals surface area contributed by atoms with E-state index in [0.717, 1.165) is 0 Å². The van der Waals surface area contributed by atoms with Crippen molar-refractivity contribution in [1.82, 2.24) is 10.6 Å². The van der Waals surface area contributed by atoms with Crippen LogP contribution >= 0.6 is 0 Å². The number of nitrogens with one attached hydrogen (secondary N) is 2. The van der Waals surface area contributed by atoms with Crippen molar-refractivity contribution in [3.8, 4) is 0 Å². The zero-order valence-electron chi connectivity index (χ0n) is 13.6. The molecule has 0 heterocycles. The molecule has 4 N–H and O–H groups in total. The molecule has 0 aromatic carbocycles. The van der Waals surface area contributed by atoms with E-state index in [-0.39, 0.29) is 19.3 Å². The van der Waals surface area contributed by atoms with Crippen molar-refractivity contribution in [2.45, 2.75) is 44.5 Å². The Balaban J connectivity index is 3.23. The van der Waals surface area contributed by atoms with Crippen molar-refractivity contribution in [3.63, 3.8) is 0 Å². The lowest BCUT2D eigenvalue weighted by atomic mass is 9.58. The smallest absolute Gasteiger partial charge is 0.404 e. The van der Waals surface area contributed by atoms with E-state index in [0.29, 0.717) is 0 Å². The van der Waals surface area contributed by atoms with Crippen molar-refractivity contribution >= 4 is 12.2 Å². The Morgan fingerprint density at radius 2 is 1.58 bits per heavy atom. The maximum atomic E-state index is 13.1. The van der Waals surface area contributed by atoms with Gasteiger partial charge in [0.2, 0.25) is 0 Å². The molecule has 152 valence electrons. The normalized spacial score (nSPS) is 27.0. The van der Waals surface area contributed by atoms with Gasteiger partial charge in [0.15, 0.2) is 0 Å². The molecule has 0 bridgehead atoms. The Morgan fingerprint density at radius 1 is 1.00 bits per heavy atom. The first kappa shape index (κ1) is 22.2. The molecule has 1 fully saturated rings. The maximum Gasteiger partial charge on any atom is 0.404 e. The first-order valence-electron chi connectivity index (χ1n) is 7.81. The Labute approximate surface area is 144 Å². The van der Waals surface area contributed by atoms with E-state index in [1.54, 1.807) is 5.32 Å². The van der Waals surface area contributed by atoms with Crippen LogP contribution in [-0.2, 0) is 0 Å². The highest BCUT2D eigenvalue weighted by Gasteiger charge is 2.54. The summed E-state index contributed by atoms with van der Waals surface area (Å²) < 4.78 is 78.4. The van der Waals surface area contributed by atoms with Crippen LogP contribution in [0.3, 0.4) is 0 Å². The average molecular weight is 394 g/mol. The molecule has 3 unspecified atom stereocenters. The Bertz CT molecular complexity index is 511. The number of alkyl halides is 6. The molecule has 0 saturated heterocycles. The zero-order valence-corrected chi connectivity index (χ0v) is 13.6. The van der Waals surface area contributed by atoms with Crippen LogP contribution < -0.4 is 10.6 Å². The van der Waals surface area contributed by atoms with Gasteiger partial charge < -0.3 is 20.8 Å². The van der Waals surface area contributed by atoms with E-state index in [9.17, 15) is 35.9 Å². The average Bonchev–Trinajstić information content (AvgIpc) is 2.43. The van der Waals surface area contributed by atoms with Crippen LogP contribution in [0.4, 0.5) is 35.9 Å². The zero-order chi connectivity index (χ0) is 20.2. The SMILES string of the molecule is O=C(O)NCC1CCCC(CNC(=O)O)(CC(F)(F)F)C1CC(F)(F)F. The summed E-state index contributed by atoms with van der Waals surface area (Å²) in [6, 6.07) is 0. The van der Waals surface area contributed by atoms with Gasteiger partial charge in [-0.3, -0.25) is 0 Å². The molecule has 3 atom stereocenters. The summed E-state index contributed by atoms with van der Waals surface area (Å²) in [5.74, 6) is -2.56. The summed E-state index contributed by atoms with van der Waals surface area (Å²) in [6.45, 7) is -1.21. The minimum Gasteiger partial charge on any atom is -0.465 e. The molecule has 26 heavy (non-hydrogen) atoms. The quantitative estimate of drug-likeness (QED) is 0.515. The van der Waals surface area contributed by atoms with Crippen LogP contribution in [0.25, 0.3) is 0 Å². The monoisotopic (exact) mass is 394 g/mol. The van der Waals surface area contributed by atoms with Crippen LogP contribution in [0.2, 0.25) is 0 Å². The first-order chi connectivity index (χ1) is 11.7. The third-order valence-electron chi connectivity index (χ3n) is 4.72. The van der Waals surface area contributed by atoms with Gasteiger partial charge in [0.05, 0.1) is 6.42 Å².